The first-order valence-corrected chi connectivity index (χ1v) is 9.03. The maximum atomic E-state index is 11.8. The lowest BCUT2D eigenvalue weighted by atomic mass is 10.1. The van der Waals surface area contributed by atoms with Crippen molar-refractivity contribution in [1.82, 2.24) is 9.97 Å². The van der Waals surface area contributed by atoms with E-state index < -0.39 is 5.60 Å². The number of benzene rings is 1. The minimum Gasteiger partial charge on any atom is -0.460 e. The summed E-state index contributed by atoms with van der Waals surface area (Å²) in [6.45, 7) is 7.69. The lowest BCUT2D eigenvalue weighted by Gasteiger charge is -2.19. The number of carbonyl (C=O) groups excluding carboxylic acids is 1. The van der Waals surface area contributed by atoms with Gasteiger partial charge in [0, 0.05) is 11.8 Å². The van der Waals surface area contributed by atoms with Crippen LogP contribution in [0.25, 0.3) is 10.9 Å². The fraction of sp³-hybridized carbons (Fsp3) is 0.550. The second-order valence-corrected chi connectivity index (χ2v) is 7.35. The summed E-state index contributed by atoms with van der Waals surface area (Å²) in [5.74, 6) is 0.553. The van der Waals surface area contributed by atoms with Gasteiger partial charge in [-0.25, -0.2) is 9.97 Å². The first-order chi connectivity index (χ1) is 11.8. The standard InChI is InChI=1S/C20H29N3O2/c1-5-15(21)19-22-16-11-7-6-10-14(16)17(23-19)12-8-9-13-18(24)25-20(2,3)4/h6-7,10-11,15H,5,8-9,12-13,21H2,1-4H3/t15-/m0/s1. The van der Waals surface area contributed by atoms with Crippen LogP contribution in [-0.2, 0) is 16.0 Å². The third-order valence-electron chi connectivity index (χ3n) is 3.94. The number of aryl methyl sites for hydroxylation is 1. The van der Waals surface area contributed by atoms with E-state index in [4.69, 9.17) is 15.5 Å². The average molecular weight is 343 g/mol. The van der Waals surface area contributed by atoms with Gasteiger partial charge >= 0.3 is 5.97 Å². The molecular weight excluding hydrogens is 314 g/mol. The Balaban J connectivity index is 2.03. The van der Waals surface area contributed by atoms with E-state index in [2.05, 4.69) is 4.98 Å². The number of para-hydroxylation sites is 1. The Labute approximate surface area is 150 Å². The molecule has 136 valence electrons. The zero-order valence-electron chi connectivity index (χ0n) is 15.7. The third-order valence-corrected chi connectivity index (χ3v) is 3.94. The van der Waals surface area contributed by atoms with Crippen LogP contribution in [0, 0.1) is 0 Å². The topological polar surface area (TPSA) is 78.1 Å². The molecule has 1 atom stereocenters. The molecule has 0 bridgehead atoms. The summed E-state index contributed by atoms with van der Waals surface area (Å²) in [6, 6.07) is 7.86. The molecule has 2 N–H and O–H groups in total. The highest BCUT2D eigenvalue weighted by Crippen LogP contribution is 2.21. The molecule has 1 heterocycles. The van der Waals surface area contributed by atoms with Crippen LogP contribution >= 0.6 is 0 Å². The van der Waals surface area contributed by atoms with E-state index >= 15 is 0 Å². The molecule has 5 nitrogen and oxygen atoms in total. The number of esters is 1. The summed E-state index contributed by atoms with van der Waals surface area (Å²) in [4.78, 5) is 21.1. The molecule has 0 aliphatic rings. The SMILES string of the molecule is CC[C@H](N)c1nc(CCCCC(=O)OC(C)(C)C)c2ccccc2n1. The molecule has 0 amide bonds. The molecule has 0 saturated carbocycles. The van der Waals surface area contributed by atoms with Crippen LogP contribution in [0.15, 0.2) is 24.3 Å². The lowest BCUT2D eigenvalue weighted by molar-refractivity contribution is -0.154. The number of aromatic nitrogens is 2. The van der Waals surface area contributed by atoms with E-state index in [1.807, 2.05) is 52.0 Å². The maximum Gasteiger partial charge on any atom is 0.306 e. The number of ether oxygens (including phenoxy) is 1. The number of unbranched alkanes of at least 4 members (excludes halogenated alkanes) is 1. The van der Waals surface area contributed by atoms with Crippen molar-refractivity contribution in [3.05, 3.63) is 35.8 Å². The van der Waals surface area contributed by atoms with E-state index in [-0.39, 0.29) is 12.0 Å². The smallest absolute Gasteiger partial charge is 0.306 e. The van der Waals surface area contributed by atoms with Crippen molar-refractivity contribution in [2.75, 3.05) is 0 Å². The molecule has 0 aliphatic carbocycles. The number of hydrogen-bond acceptors (Lipinski definition) is 5. The number of nitrogens with zero attached hydrogens (tertiary/aromatic N) is 2. The third kappa shape index (κ3) is 5.78. The van der Waals surface area contributed by atoms with E-state index in [0.29, 0.717) is 12.2 Å². The van der Waals surface area contributed by atoms with Crippen LogP contribution in [0.4, 0.5) is 0 Å². The number of rotatable bonds is 7. The fourth-order valence-corrected chi connectivity index (χ4v) is 2.66. The molecule has 5 heteroatoms. The van der Waals surface area contributed by atoms with Gasteiger partial charge in [0.15, 0.2) is 0 Å². The summed E-state index contributed by atoms with van der Waals surface area (Å²) in [6.07, 6.45) is 3.69. The fourth-order valence-electron chi connectivity index (χ4n) is 2.66. The van der Waals surface area contributed by atoms with Gasteiger partial charge in [0.25, 0.3) is 0 Å². The summed E-state index contributed by atoms with van der Waals surface area (Å²) in [5, 5.41) is 1.06. The summed E-state index contributed by atoms with van der Waals surface area (Å²) >= 11 is 0. The van der Waals surface area contributed by atoms with Crippen molar-refractivity contribution >= 4 is 16.9 Å². The van der Waals surface area contributed by atoms with Gasteiger partial charge < -0.3 is 10.5 Å². The largest absolute Gasteiger partial charge is 0.460 e. The van der Waals surface area contributed by atoms with Gasteiger partial charge in [-0.15, -0.1) is 0 Å². The monoisotopic (exact) mass is 343 g/mol. The van der Waals surface area contributed by atoms with Gasteiger partial charge in [-0.3, -0.25) is 4.79 Å². The molecule has 0 fully saturated rings. The van der Waals surface area contributed by atoms with Gasteiger partial charge in [-0.2, -0.15) is 0 Å². The van der Waals surface area contributed by atoms with Crippen molar-refractivity contribution in [3.63, 3.8) is 0 Å². The Kier molecular flexibility index (Phi) is 6.48. The van der Waals surface area contributed by atoms with E-state index in [1.54, 1.807) is 0 Å². The van der Waals surface area contributed by atoms with Crippen LogP contribution < -0.4 is 5.73 Å². The molecule has 0 saturated heterocycles. The van der Waals surface area contributed by atoms with Crippen LogP contribution in [-0.4, -0.2) is 21.5 Å². The first kappa shape index (κ1) is 19.3. The van der Waals surface area contributed by atoms with Crippen molar-refractivity contribution < 1.29 is 9.53 Å². The van der Waals surface area contributed by atoms with Crippen LogP contribution in [0.1, 0.15) is 70.9 Å². The Bertz CT molecular complexity index is 722. The number of carbonyl (C=O) groups is 1. The molecule has 0 unspecified atom stereocenters. The van der Waals surface area contributed by atoms with Gasteiger partial charge in [0.05, 0.1) is 17.3 Å². The lowest BCUT2D eigenvalue weighted by Crippen LogP contribution is -2.23. The molecule has 25 heavy (non-hydrogen) atoms. The van der Waals surface area contributed by atoms with Crippen molar-refractivity contribution in [2.45, 2.75) is 71.4 Å². The molecule has 0 aliphatic heterocycles. The van der Waals surface area contributed by atoms with Gasteiger partial charge in [0.2, 0.25) is 0 Å². The zero-order chi connectivity index (χ0) is 18.4. The second-order valence-electron chi connectivity index (χ2n) is 7.35. The number of fused-ring (bicyclic) bond motifs is 1. The Morgan fingerprint density at radius 1 is 1.20 bits per heavy atom. The van der Waals surface area contributed by atoms with Gasteiger partial charge in [0.1, 0.15) is 11.4 Å². The molecule has 2 rings (SSSR count). The molecule has 0 spiro atoms. The Morgan fingerprint density at radius 3 is 2.60 bits per heavy atom. The highest BCUT2D eigenvalue weighted by atomic mass is 16.6. The normalized spacial score (nSPS) is 13.0. The quantitative estimate of drug-likeness (QED) is 0.605. The van der Waals surface area contributed by atoms with E-state index in [1.165, 1.54) is 0 Å². The molecule has 2 aromatic rings. The van der Waals surface area contributed by atoms with Crippen LogP contribution in [0.5, 0.6) is 0 Å². The summed E-state index contributed by atoms with van der Waals surface area (Å²) in [5.41, 5.74) is 7.63. The molecule has 1 aromatic heterocycles. The predicted octanol–water partition coefficient (Wildman–Crippen LogP) is 4.09. The number of nitrogens with two attached hydrogens (primary N) is 1. The summed E-state index contributed by atoms with van der Waals surface area (Å²) < 4.78 is 5.34. The van der Waals surface area contributed by atoms with E-state index in [9.17, 15) is 4.79 Å². The molecular formula is C20H29N3O2. The average Bonchev–Trinajstić information content (AvgIpc) is 2.56. The van der Waals surface area contributed by atoms with Crippen molar-refractivity contribution in [1.29, 1.82) is 0 Å². The van der Waals surface area contributed by atoms with Gasteiger partial charge in [-0.1, -0.05) is 25.1 Å². The maximum absolute atomic E-state index is 11.8. The van der Waals surface area contributed by atoms with Crippen LogP contribution in [0.3, 0.4) is 0 Å². The minimum absolute atomic E-state index is 0.145. The minimum atomic E-state index is -0.425. The highest BCUT2D eigenvalue weighted by Gasteiger charge is 2.16. The highest BCUT2D eigenvalue weighted by molar-refractivity contribution is 5.80. The Morgan fingerprint density at radius 2 is 1.92 bits per heavy atom. The van der Waals surface area contributed by atoms with Crippen molar-refractivity contribution in [3.8, 4) is 0 Å². The summed E-state index contributed by atoms with van der Waals surface area (Å²) in [7, 11) is 0. The van der Waals surface area contributed by atoms with E-state index in [0.717, 1.165) is 42.3 Å². The molecule has 1 aromatic carbocycles. The van der Waals surface area contributed by atoms with Crippen LogP contribution in [0.2, 0.25) is 0 Å². The Hall–Kier alpha value is -2.01. The van der Waals surface area contributed by atoms with Gasteiger partial charge in [-0.05, 0) is 52.5 Å². The molecule has 0 radical (unpaired) electrons. The second kappa shape index (κ2) is 8.39. The number of hydrogen-bond donors (Lipinski definition) is 1. The predicted molar refractivity (Wildman–Crippen MR) is 100 cm³/mol. The van der Waals surface area contributed by atoms with Crippen molar-refractivity contribution in [2.24, 2.45) is 5.73 Å². The zero-order valence-corrected chi connectivity index (χ0v) is 15.7. The first-order valence-electron chi connectivity index (χ1n) is 9.03.